The molecule has 2 atom stereocenters. The Labute approximate surface area is 212 Å². The number of carbonyl (C=O) groups excluding carboxylic acids is 1. The standard InChI is InChI=1S/C28H31N3O4S/c1-19-10-12-22(13-11-19)14-15-26-27(21(3)29-35-26)36(33,34)30-16-6-8-24(18-30)28(32)31-20(2)17-23-7-4-5-9-25(23)31/h4-5,7,9-15,20,24H,6,8,16-18H2,1-3H3/b15-14+/t20-,24+/m1/s1. The van der Waals surface area contributed by atoms with Gasteiger partial charge in [-0.15, -0.1) is 0 Å². The molecule has 0 spiro atoms. The summed E-state index contributed by atoms with van der Waals surface area (Å²) < 4.78 is 34.4. The van der Waals surface area contributed by atoms with Crippen LogP contribution in [0.1, 0.15) is 47.9 Å². The van der Waals surface area contributed by atoms with E-state index in [1.165, 1.54) is 4.31 Å². The van der Waals surface area contributed by atoms with Crippen LogP contribution in [-0.4, -0.2) is 42.9 Å². The highest BCUT2D eigenvalue weighted by Crippen LogP contribution is 2.35. The number of amides is 1. The molecule has 1 amide bonds. The minimum Gasteiger partial charge on any atom is -0.355 e. The third-order valence-electron chi connectivity index (χ3n) is 7.11. The molecule has 0 saturated carbocycles. The lowest BCUT2D eigenvalue weighted by Crippen LogP contribution is -2.48. The van der Waals surface area contributed by atoms with Crippen LogP contribution >= 0.6 is 0 Å². The van der Waals surface area contributed by atoms with Crippen LogP contribution < -0.4 is 4.90 Å². The predicted molar refractivity (Wildman–Crippen MR) is 140 cm³/mol. The summed E-state index contributed by atoms with van der Waals surface area (Å²) >= 11 is 0. The van der Waals surface area contributed by atoms with Gasteiger partial charge >= 0.3 is 0 Å². The largest absolute Gasteiger partial charge is 0.355 e. The molecule has 3 aromatic rings. The number of carbonyl (C=O) groups is 1. The summed E-state index contributed by atoms with van der Waals surface area (Å²) in [5, 5.41) is 3.95. The van der Waals surface area contributed by atoms with Gasteiger partial charge in [0.05, 0.1) is 5.92 Å². The third-order valence-corrected chi connectivity index (χ3v) is 9.14. The van der Waals surface area contributed by atoms with Gasteiger partial charge in [0.1, 0.15) is 5.69 Å². The number of para-hydroxylation sites is 1. The van der Waals surface area contributed by atoms with Crippen molar-refractivity contribution in [3.05, 3.63) is 76.7 Å². The molecule has 2 aromatic carbocycles. The number of anilines is 1. The van der Waals surface area contributed by atoms with Gasteiger partial charge in [-0.3, -0.25) is 4.79 Å². The molecule has 2 aliphatic heterocycles. The first-order valence-electron chi connectivity index (χ1n) is 12.4. The summed E-state index contributed by atoms with van der Waals surface area (Å²) in [6.45, 7) is 6.21. The smallest absolute Gasteiger partial charge is 0.248 e. The van der Waals surface area contributed by atoms with E-state index in [-0.39, 0.29) is 29.1 Å². The fourth-order valence-electron chi connectivity index (χ4n) is 5.24. The van der Waals surface area contributed by atoms with Crippen molar-refractivity contribution in [2.45, 2.75) is 51.0 Å². The Morgan fingerprint density at radius 1 is 1.08 bits per heavy atom. The molecule has 188 valence electrons. The van der Waals surface area contributed by atoms with E-state index in [1.54, 1.807) is 13.0 Å². The van der Waals surface area contributed by atoms with E-state index in [1.807, 2.05) is 67.3 Å². The lowest BCUT2D eigenvalue weighted by Gasteiger charge is -2.34. The fourth-order valence-corrected chi connectivity index (χ4v) is 7.01. The topological polar surface area (TPSA) is 83.7 Å². The minimum absolute atomic E-state index is 0.00567. The van der Waals surface area contributed by atoms with E-state index in [4.69, 9.17) is 4.52 Å². The number of hydrogen-bond donors (Lipinski definition) is 0. The molecule has 0 bridgehead atoms. The highest BCUT2D eigenvalue weighted by molar-refractivity contribution is 7.89. The zero-order valence-corrected chi connectivity index (χ0v) is 21.7. The molecule has 7 nitrogen and oxygen atoms in total. The molecule has 2 aliphatic rings. The molecule has 1 fully saturated rings. The van der Waals surface area contributed by atoms with Gasteiger partial charge in [0.25, 0.3) is 0 Å². The van der Waals surface area contributed by atoms with Crippen molar-refractivity contribution in [1.29, 1.82) is 0 Å². The maximum atomic E-state index is 13.8. The Hall–Kier alpha value is -3.23. The molecule has 0 radical (unpaired) electrons. The number of aryl methyl sites for hydroxylation is 2. The number of nitrogens with zero attached hydrogens (tertiary/aromatic N) is 3. The van der Waals surface area contributed by atoms with Crippen molar-refractivity contribution in [1.82, 2.24) is 9.46 Å². The number of rotatable bonds is 5. The fraction of sp³-hybridized carbons (Fsp3) is 0.357. The van der Waals surface area contributed by atoms with Crippen molar-refractivity contribution < 1.29 is 17.7 Å². The Morgan fingerprint density at radius 3 is 2.61 bits per heavy atom. The second-order valence-electron chi connectivity index (χ2n) is 9.80. The summed E-state index contributed by atoms with van der Waals surface area (Å²) in [4.78, 5) is 15.5. The van der Waals surface area contributed by atoms with Crippen LogP contribution in [0.25, 0.3) is 12.2 Å². The van der Waals surface area contributed by atoms with Crippen molar-refractivity contribution in [2.24, 2.45) is 5.92 Å². The molecule has 0 N–H and O–H groups in total. The first-order valence-corrected chi connectivity index (χ1v) is 13.8. The van der Waals surface area contributed by atoms with Gasteiger partial charge in [-0.25, -0.2) is 8.42 Å². The molecule has 0 unspecified atom stereocenters. The van der Waals surface area contributed by atoms with Gasteiger partial charge in [-0.1, -0.05) is 59.3 Å². The van der Waals surface area contributed by atoms with Crippen LogP contribution in [0, 0.1) is 19.8 Å². The molecular weight excluding hydrogens is 474 g/mol. The van der Waals surface area contributed by atoms with Gasteiger partial charge in [0, 0.05) is 24.8 Å². The predicted octanol–water partition coefficient (Wildman–Crippen LogP) is 4.84. The van der Waals surface area contributed by atoms with Gasteiger partial charge in [-0.2, -0.15) is 4.31 Å². The normalized spacial score (nSPS) is 20.7. The van der Waals surface area contributed by atoms with E-state index in [0.717, 1.165) is 28.8 Å². The summed E-state index contributed by atoms with van der Waals surface area (Å²) in [6, 6.07) is 15.9. The monoisotopic (exact) mass is 505 g/mol. The first-order chi connectivity index (χ1) is 17.3. The summed E-state index contributed by atoms with van der Waals surface area (Å²) in [6.07, 6.45) is 5.56. The van der Waals surface area contributed by atoms with E-state index >= 15 is 0 Å². The van der Waals surface area contributed by atoms with Crippen molar-refractivity contribution >= 4 is 33.8 Å². The van der Waals surface area contributed by atoms with E-state index in [0.29, 0.717) is 25.1 Å². The van der Waals surface area contributed by atoms with E-state index < -0.39 is 15.9 Å². The average Bonchev–Trinajstić information content (AvgIpc) is 3.42. The first kappa shape index (κ1) is 24.5. The Morgan fingerprint density at radius 2 is 1.83 bits per heavy atom. The molecule has 3 heterocycles. The van der Waals surface area contributed by atoms with Crippen LogP contribution in [0.2, 0.25) is 0 Å². The van der Waals surface area contributed by atoms with Crippen molar-refractivity contribution in [3.63, 3.8) is 0 Å². The maximum Gasteiger partial charge on any atom is 0.248 e. The minimum atomic E-state index is -3.90. The van der Waals surface area contributed by atoms with E-state index in [9.17, 15) is 13.2 Å². The highest BCUT2D eigenvalue weighted by Gasteiger charge is 2.40. The number of piperidine rings is 1. The second-order valence-corrected chi connectivity index (χ2v) is 11.7. The number of hydrogen-bond acceptors (Lipinski definition) is 5. The van der Waals surface area contributed by atoms with Gasteiger partial charge in [0.2, 0.25) is 15.9 Å². The summed E-state index contributed by atoms with van der Waals surface area (Å²) in [5.41, 5.74) is 4.49. The molecule has 1 aromatic heterocycles. The average molecular weight is 506 g/mol. The van der Waals surface area contributed by atoms with Crippen LogP contribution in [0.4, 0.5) is 5.69 Å². The van der Waals surface area contributed by atoms with Crippen LogP contribution in [-0.2, 0) is 21.2 Å². The molecule has 5 rings (SSSR count). The van der Waals surface area contributed by atoms with Crippen LogP contribution in [0.15, 0.2) is 57.9 Å². The zero-order valence-electron chi connectivity index (χ0n) is 20.8. The Balaban J connectivity index is 1.38. The van der Waals surface area contributed by atoms with Gasteiger partial charge in [-0.05, 0) is 63.3 Å². The molecule has 36 heavy (non-hydrogen) atoms. The van der Waals surface area contributed by atoms with Gasteiger partial charge < -0.3 is 9.42 Å². The maximum absolute atomic E-state index is 13.8. The SMILES string of the molecule is Cc1ccc(/C=C/c2onc(C)c2S(=O)(=O)N2CCC[C@H](C(=O)N3c4ccccc4C[C@H]3C)C2)cc1. The summed E-state index contributed by atoms with van der Waals surface area (Å²) in [7, 11) is -3.90. The molecule has 1 saturated heterocycles. The Bertz CT molecular complexity index is 1410. The summed E-state index contributed by atoms with van der Waals surface area (Å²) in [5.74, 6) is -0.202. The molecule has 8 heteroatoms. The molecular formula is C28H31N3O4S. The third kappa shape index (κ3) is 4.51. The lowest BCUT2D eigenvalue weighted by molar-refractivity contribution is -0.123. The second kappa shape index (κ2) is 9.67. The number of sulfonamides is 1. The number of aromatic nitrogens is 1. The lowest BCUT2D eigenvalue weighted by atomic mass is 9.97. The number of benzene rings is 2. The molecule has 0 aliphatic carbocycles. The quantitative estimate of drug-likeness (QED) is 0.495. The van der Waals surface area contributed by atoms with Crippen molar-refractivity contribution in [2.75, 3.05) is 18.0 Å². The highest BCUT2D eigenvalue weighted by atomic mass is 32.2. The van der Waals surface area contributed by atoms with Crippen LogP contribution in [0.5, 0.6) is 0 Å². The zero-order chi connectivity index (χ0) is 25.4. The number of fused-ring (bicyclic) bond motifs is 1. The van der Waals surface area contributed by atoms with Crippen LogP contribution in [0.3, 0.4) is 0 Å². The van der Waals surface area contributed by atoms with Crippen molar-refractivity contribution in [3.8, 4) is 0 Å². The van der Waals surface area contributed by atoms with Gasteiger partial charge in [0.15, 0.2) is 10.7 Å². The van der Waals surface area contributed by atoms with E-state index in [2.05, 4.69) is 11.2 Å². The Kier molecular flexibility index (Phi) is 6.57.